The maximum atomic E-state index is 12.4. The Labute approximate surface area is 145 Å². The normalized spacial score (nSPS) is 26.2. The molecule has 4 rings (SSSR count). The number of thiophene rings is 1. The number of fused-ring (bicyclic) bond motifs is 2. The highest BCUT2D eigenvalue weighted by atomic mass is 32.2. The smallest absolute Gasteiger partial charge is 0.251 e. The average molecular weight is 345 g/mol. The highest BCUT2D eigenvalue weighted by molar-refractivity contribution is 8.01. The van der Waals surface area contributed by atoms with E-state index in [4.69, 9.17) is 0 Å². The largest absolute Gasteiger partial charge is 0.348 e. The lowest BCUT2D eigenvalue weighted by molar-refractivity contribution is 0.0909. The Balaban J connectivity index is 1.36. The van der Waals surface area contributed by atoms with Gasteiger partial charge in [-0.3, -0.25) is 4.79 Å². The van der Waals surface area contributed by atoms with Crippen LogP contribution in [0.2, 0.25) is 0 Å². The molecule has 1 amide bonds. The first kappa shape index (κ1) is 15.2. The number of amides is 1. The van der Waals surface area contributed by atoms with Crippen LogP contribution in [0.3, 0.4) is 0 Å². The van der Waals surface area contributed by atoms with Crippen LogP contribution in [-0.4, -0.2) is 36.5 Å². The Morgan fingerprint density at radius 2 is 2.09 bits per heavy atom. The number of carbonyl (C=O) groups excluding carboxylic acids is 1. The van der Waals surface area contributed by atoms with Crippen molar-refractivity contribution >= 4 is 29.0 Å². The van der Waals surface area contributed by atoms with Gasteiger partial charge in [0.1, 0.15) is 0 Å². The van der Waals surface area contributed by atoms with E-state index < -0.39 is 0 Å². The van der Waals surface area contributed by atoms with Crippen molar-refractivity contribution in [2.24, 2.45) is 5.92 Å². The third kappa shape index (κ3) is 3.62. The fraction of sp³-hybridized carbons (Fsp3) is 0.389. The Morgan fingerprint density at radius 3 is 2.83 bits per heavy atom. The minimum atomic E-state index is 0.0603. The minimum Gasteiger partial charge on any atom is -0.348 e. The van der Waals surface area contributed by atoms with E-state index in [-0.39, 0.29) is 5.91 Å². The third-order valence-corrected chi connectivity index (χ3v) is 6.68. The Kier molecular flexibility index (Phi) is 4.42. The van der Waals surface area contributed by atoms with Crippen LogP contribution >= 0.6 is 23.1 Å². The van der Waals surface area contributed by atoms with Gasteiger partial charge in [0, 0.05) is 29.6 Å². The quantitative estimate of drug-likeness (QED) is 0.917. The molecule has 1 N–H and O–H groups in total. The van der Waals surface area contributed by atoms with Crippen molar-refractivity contribution in [2.45, 2.75) is 28.0 Å². The van der Waals surface area contributed by atoms with Gasteiger partial charge < -0.3 is 10.2 Å². The van der Waals surface area contributed by atoms with Crippen molar-refractivity contribution in [3.8, 4) is 0 Å². The molecule has 0 spiro atoms. The summed E-state index contributed by atoms with van der Waals surface area (Å²) in [4.78, 5) is 16.1. The van der Waals surface area contributed by atoms with Gasteiger partial charge >= 0.3 is 0 Å². The molecule has 2 fully saturated rings. The van der Waals surface area contributed by atoms with Crippen LogP contribution in [0.5, 0.6) is 0 Å². The zero-order valence-electron chi connectivity index (χ0n) is 12.9. The molecule has 1 aromatic heterocycles. The van der Waals surface area contributed by atoms with Gasteiger partial charge in [-0.1, -0.05) is 17.8 Å². The molecular formula is C18H20N2OS2. The van der Waals surface area contributed by atoms with Gasteiger partial charge in [0.05, 0.1) is 4.21 Å². The topological polar surface area (TPSA) is 32.3 Å². The average Bonchev–Trinajstić information content (AvgIpc) is 3.18. The molecule has 2 aliphatic heterocycles. The second-order valence-electron chi connectivity index (χ2n) is 6.38. The van der Waals surface area contributed by atoms with Crippen LogP contribution in [0, 0.1) is 5.92 Å². The molecule has 1 unspecified atom stereocenters. The first-order valence-corrected chi connectivity index (χ1v) is 9.80. The zero-order valence-corrected chi connectivity index (χ0v) is 14.5. The number of hydrogen-bond donors (Lipinski definition) is 1. The molecule has 3 atom stereocenters. The number of benzene rings is 1. The second-order valence-corrected chi connectivity index (χ2v) is 8.70. The van der Waals surface area contributed by atoms with E-state index in [1.54, 1.807) is 23.1 Å². The number of piperidine rings is 1. The lowest BCUT2D eigenvalue weighted by Crippen LogP contribution is -2.47. The lowest BCUT2D eigenvalue weighted by Gasteiger charge is -2.30. The SMILES string of the molecule is O=C(N[C@@H]1C[C@@H]2CCN(C2)C1)c1ccc(Sc2cccs2)cc1. The molecule has 3 nitrogen and oxygen atoms in total. The van der Waals surface area contributed by atoms with Crippen molar-refractivity contribution in [2.75, 3.05) is 19.6 Å². The van der Waals surface area contributed by atoms with E-state index in [0.717, 1.165) is 24.4 Å². The summed E-state index contributed by atoms with van der Waals surface area (Å²) in [6, 6.07) is 12.4. The van der Waals surface area contributed by atoms with Crippen molar-refractivity contribution in [1.29, 1.82) is 0 Å². The molecule has 0 aliphatic carbocycles. The summed E-state index contributed by atoms with van der Waals surface area (Å²) in [6.07, 6.45) is 2.43. The van der Waals surface area contributed by atoms with Crippen LogP contribution in [0.1, 0.15) is 23.2 Å². The maximum Gasteiger partial charge on any atom is 0.251 e. The molecule has 120 valence electrons. The van der Waals surface area contributed by atoms with Crippen molar-refractivity contribution in [3.05, 3.63) is 47.3 Å². The fourth-order valence-corrected chi connectivity index (χ4v) is 5.29. The highest BCUT2D eigenvalue weighted by Gasteiger charge is 2.32. The Bertz CT molecular complexity index is 657. The Morgan fingerprint density at radius 1 is 1.22 bits per heavy atom. The summed E-state index contributed by atoms with van der Waals surface area (Å²) < 4.78 is 1.27. The molecule has 2 aliphatic rings. The van der Waals surface area contributed by atoms with Gasteiger partial charge in [0.25, 0.3) is 5.91 Å². The van der Waals surface area contributed by atoms with Gasteiger partial charge in [-0.05, 0) is 61.0 Å². The summed E-state index contributed by atoms with van der Waals surface area (Å²) in [7, 11) is 0. The van der Waals surface area contributed by atoms with E-state index in [0.29, 0.717) is 6.04 Å². The number of nitrogens with zero attached hydrogens (tertiary/aromatic N) is 1. The summed E-state index contributed by atoms with van der Waals surface area (Å²) in [5, 5.41) is 5.30. The van der Waals surface area contributed by atoms with Crippen LogP contribution in [0.15, 0.2) is 50.9 Å². The van der Waals surface area contributed by atoms with E-state index in [9.17, 15) is 4.79 Å². The molecule has 1 aromatic carbocycles. The number of nitrogens with one attached hydrogen (secondary N) is 1. The number of carbonyl (C=O) groups is 1. The Hall–Kier alpha value is -1.30. The van der Waals surface area contributed by atoms with Crippen molar-refractivity contribution in [1.82, 2.24) is 10.2 Å². The third-order valence-electron chi connectivity index (χ3n) is 4.63. The van der Waals surface area contributed by atoms with Gasteiger partial charge in [-0.25, -0.2) is 0 Å². The molecular weight excluding hydrogens is 324 g/mol. The van der Waals surface area contributed by atoms with Crippen molar-refractivity contribution in [3.63, 3.8) is 0 Å². The van der Waals surface area contributed by atoms with Crippen LogP contribution < -0.4 is 5.32 Å². The molecule has 23 heavy (non-hydrogen) atoms. The van der Waals surface area contributed by atoms with E-state index >= 15 is 0 Å². The number of rotatable bonds is 4. The summed E-state index contributed by atoms with van der Waals surface area (Å²) in [5.74, 6) is 0.837. The summed E-state index contributed by atoms with van der Waals surface area (Å²) in [5.41, 5.74) is 0.758. The summed E-state index contributed by atoms with van der Waals surface area (Å²) in [6.45, 7) is 3.43. The summed E-state index contributed by atoms with van der Waals surface area (Å²) >= 11 is 3.48. The molecule has 2 saturated heterocycles. The van der Waals surface area contributed by atoms with Gasteiger partial charge in [0.15, 0.2) is 0 Å². The monoisotopic (exact) mass is 344 g/mol. The molecule has 0 saturated carbocycles. The standard InChI is InChI=1S/C18H20N2OS2/c21-18(19-15-10-13-7-8-20(11-13)12-15)14-3-5-16(6-4-14)23-17-2-1-9-22-17/h1-6,9,13,15H,7-8,10-12H2,(H,19,21)/t13-,15+/m0/s1. The lowest BCUT2D eigenvalue weighted by atomic mass is 9.96. The minimum absolute atomic E-state index is 0.0603. The van der Waals surface area contributed by atoms with Crippen molar-refractivity contribution < 1.29 is 4.79 Å². The van der Waals surface area contributed by atoms with E-state index in [2.05, 4.69) is 27.7 Å². The molecule has 5 heteroatoms. The zero-order chi connectivity index (χ0) is 15.6. The first-order chi connectivity index (χ1) is 11.3. The van der Waals surface area contributed by atoms with Gasteiger partial charge in [-0.15, -0.1) is 11.3 Å². The van der Waals surface area contributed by atoms with Gasteiger partial charge in [-0.2, -0.15) is 0 Å². The maximum absolute atomic E-state index is 12.4. The highest BCUT2D eigenvalue weighted by Crippen LogP contribution is 2.31. The molecule has 0 radical (unpaired) electrons. The van der Waals surface area contributed by atoms with Crippen LogP contribution in [0.25, 0.3) is 0 Å². The predicted molar refractivity (Wildman–Crippen MR) is 95.3 cm³/mol. The predicted octanol–water partition coefficient (Wildman–Crippen LogP) is 3.72. The van der Waals surface area contributed by atoms with Gasteiger partial charge in [0.2, 0.25) is 0 Å². The number of hydrogen-bond acceptors (Lipinski definition) is 4. The van der Waals surface area contributed by atoms with E-state index in [1.807, 2.05) is 24.3 Å². The van der Waals surface area contributed by atoms with Crippen LogP contribution in [-0.2, 0) is 0 Å². The molecule has 2 aromatic rings. The van der Waals surface area contributed by atoms with E-state index in [1.165, 1.54) is 28.6 Å². The second kappa shape index (κ2) is 6.67. The molecule has 2 bridgehead atoms. The fourth-order valence-electron chi connectivity index (χ4n) is 3.55. The first-order valence-electron chi connectivity index (χ1n) is 8.11. The molecule has 3 heterocycles. The van der Waals surface area contributed by atoms with Crippen LogP contribution in [0.4, 0.5) is 0 Å².